The summed E-state index contributed by atoms with van der Waals surface area (Å²) >= 11 is 0. The third kappa shape index (κ3) is 4.10. The van der Waals surface area contributed by atoms with Gasteiger partial charge >= 0.3 is 5.97 Å². The maximum Gasteiger partial charge on any atom is 0.308 e. The summed E-state index contributed by atoms with van der Waals surface area (Å²) in [5.41, 5.74) is 5.54. The van der Waals surface area contributed by atoms with Gasteiger partial charge in [0.05, 0.1) is 0 Å². The van der Waals surface area contributed by atoms with Crippen molar-refractivity contribution in [3.63, 3.8) is 0 Å². The molecule has 0 saturated heterocycles. The lowest BCUT2D eigenvalue weighted by molar-refractivity contribution is -0.131. The topological polar surface area (TPSA) is 35.5 Å². The highest BCUT2D eigenvalue weighted by Crippen LogP contribution is 2.29. The molecule has 2 aromatic carbocycles. The van der Waals surface area contributed by atoms with Crippen LogP contribution in [-0.4, -0.2) is 5.97 Å². The highest BCUT2D eigenvalue weighted by Gasteiger charge is 2.09. The first kappa shape index (κ1) is 16.1. The molecule has 0 aliphatic carbocycles. The van der Waals surface area contributed by atoms with Gasteiger partial charge in [-0.25, -0.2) is 0 Å². The van der Waals surface area contributed by atoms with E-state index in [4.69, 9.17) is 9.47 Å². The van der Waals surface area contributed by atoms with E-state index in [0.29, 0.717) is 12.4 Å². The molecule has 0 aromatic heterocycles. The van der Waals surface area contributed by atoms with Gasteiger partial charge in [-0.2, -0.15) is 0 Å². The summed E-state index contributed by atoms with van der Waals surface area (Å²) in [7, 11) is 0. The summed E-state index contributed by atoms with van der Waals surface area (Å²) in [4.78, 5) is 11.0. The highest BCUT2D eigenvalue weighted by atomic mass is 16.5. The molecule has 0 N–H and O–H groups in total. The van der Waals surface area contributed by atoms with Crippen LogP contribution in [0.3, 0.4) is 0 Å². The first-order chi connectivity index (χ1) is 10.3. The second kappa shape index (κ2) is 6.65. The number of benzene rings is 2. The molecule has 0 heterocycles. The molecule has 22 heavy (non-hydrogen) atoms. The Kier molecular flexibility index (Phi) is 4.86. The lowest BCUT2D eigenvalue weighted by Crippen LogP contribution is -2.04. The Morgan fingerprint density at radius 1 is 0.909 bits per heavy atom. The molecule has 0 saturated carbocycles. The third-order valence-corrected chi connectivity index (χ3v) is 3.36. The van der Waals surface area contributed by atoms with Gasteiger partial charge in [0, 0.05) is 6.92 Å². The molecule has 0 bridgehead atoms. The zero-order valence-electron chi connectivity index (χ0n) is 13.8. The smallest absolute Gasteiger partial charge is 0.308 e. The van der Waals surface area contributed by atoms with Crippen LogP contribution >= 0.6 is 0 Å². The van der Waals surface area contributed by atoms with Crippen LogP contribution in [0.4, 0.5) is 0 Å². The highest BCUT2D eigenvalue weighted by molar-refractivity contribution is 5.69. The summed E-state index contributed by atoms with van der Waals surface area (Å²) in [6.07, 6.45) is 0. The van der Waals surface area contributed by atoms with Crippen molar-refractivity contribution in [3.05, 3.63) is 58.1 Å². The monoisotopic (exact) mass is 298 g/mol. The fraction of sp³-hybridized carbons (Fsp3) is 0.316. The lowest BCUT2D eigenvalue weighted by atomic mass is 10.1. The summed E-state index contributed by atoms with van der Waals surface area (Å²) in [6, 6.07) is 10.1. The van der Waals surface area contributed by atoms with E-state index < -0.39 is 0 Å². The van der Waals surface area contributed by atoms with Crippen LogP contribution < -0.4 is 9.47 Å². The SMILES string of the molecule is CC(=O)Oc1cc(C)c(OCc2cc(C)cc(C)c2)c(C)c1. The minimum Gasteiger partial charge on any atom is -0.488 e. The molecule has 0 atom stereocenters. The third-order valence-electron chi connectivity index (χ3n) is 3.36. The molecule has 0 aliphatic rings. The van der Waals surface area contributed by atoms with Crippen molar-refractivity contribution in [1.82, 2.24) is 0 Å². The normalized spacial score (nSPS) is 10.4. The number of hydrogen-bond donors (Lipinski definition) is 0. The van der Waals surface area contributed by atoms with Gasteiger partial charge in [-0.3, -0.25) is 4.79 Å². The van der Waals surface area contributed by atoms with Crippen LogP contribution in [0.1, 0.15) is 34.7 Å². The van der Waals surface area contributed by atoms with E-state index in [9.17, 15) is 4.79 Å². The maximum atomic E-state index is 11.0. The first-order valence-electron chi connectivity index (χ1n) is 7.35. The van der Waals surface area contributed by atoms with Gasteiger partial charge in [0.1, 0.15) is 18.1 Å². The van der Waals surface area contributed by atoms with Gasteiger partial charge in [-0.1, -0.05) is 29.3 Å². The molecule has 116 valence electrons. The summed E-state index contributed by atoms with van der Waals surface area (Å²) in [5, 5.41) is 0. The van der Waals surface area contributed by atoms with Crippen molar-refractivity contribution >= 4 is 5.97 Å². The van der Waals surface area contributed by atoms with Gasteiger partial charge in [0.2, 0.25) is 0 Å². The minimum atomic E-state index is -0.317. The molecule has 0 fully saturated rings. The molecular formula is C19H22O3. The van der Waals surface area contributed by atoms with Crippen LogP contribution in [0.5, 0.6) is 11.5 Å². The Labute approximate surface area is 131 Å². The largest absolute Gasteiger partial charge is 0.488 e. The zero-order chi connectivity index (χ0) is 16.3. The fourth-order valence-corrected chi connectivity index (χ4v) is 2.67. The Morgan fingerprint density at radius 3 is 1.95 bits per heavy atom. The number of esters is 1. The Bertz CT molecular complexity index is 659. The van der Waals surface area contributed by atoms with Crippen molar-refractivity contribution in [2.75, 3.05) is 0 Å². The van der Waals surface area contributed by atoms with Gasteiger partial charge in [-0.15, -0.1) is 0 Å². The van der Waals surface area contributed by atoms with Crippen LogP contribution in [0.15, 0.2) is 30.3 Å². The van der Waals surface area contributed by atoms with Crippen LogP contribution in [-0.2, 0) is 11.4 Å². The average molecular weight is 298 g/mol. The number of carbonyl (C=O) groups is 1. The predicted octanol–water partition coefficient (Wildman–Crippen LogP) is 4.42. The molecule has 0 unspecified atom stereocenters. The van der Waals surface area contributed by atoms with Gasteiger partial charge in [-0.05, 0) is 56.5 Å². The van der Waals surface area contributed by atoms with Gasteiger partial charge in [0.15, 0.2) is 0 Å². The summed E-state index contributed by atoms with van der Waals surface area (Å²) in [5.74, 6) is 1.08. The molecule has 0 aliphatic heterocycles. The first-order valence-corrected chi connectivity index (χ1v) is 7.35. The quantitative estimate of drug-likeness (QED) is 0.619. The van der Waals surface area contributed by atoms with E-state index in [-0.39, 0.29) is 5.97 Å². The number of hydrogen-bond acceptors (Lipinski definition) is 3. The molecule has 2 rings (SSSR count). The second-order valence-electron chi connectivity index (χ2n) is 5.76. The van der Waals surface area contributed by atoms with Crippen LogP contribution in [0, 0.1) is 27.7 Å². The van der Waals surface area contributed by atoms with E-state index in [1.807, 2.05) is 26.0 Å². The van der Waals surface area contributed by atoms with Gasteiger partial charge < -0.3 is 9.47 Å². The van der Waals surface area contributed by atoms with Crippen LogP contribution in [0.2, 0.25) is 0 Å². The minimum absolute atomic E-state index is 0.317. The molecule has 2 aromatic rings. The number of rotatable bonds is 4. The van der Waals surface area contributed by atoms with Crippen molar-refractivity contribution in [2.24, 2.45) is 0 Å². The Balaban J connectivity index is 2.17. The van der Waals surface area contributed by atoms with E-state index in [1.165, 1.54) is 18.1 Å². The summed E-state index contributed by atoms with van der Waals surface area (Å²) in [6.45, 7) is 10.0. The molecule has 3 heteroatoms. The Morgan fingerprint density at radius 2 is 1.45 bits per heavy atom. The predicted molar refractivity (Wildman–Crippen MR) is 87.5 cm³/mol. The molecule has 0 amide bonds. The average Bonchev–Trinajstić information content (AvgIpc) is 2.35. The molecular weight excluding hydrogens is 276 g/mol. The van der Waals surface area contributed by atoms with Gasteiger partial charge in [0.25, 0.3) is 0 Å². The van der Waals surface area contributed by atoms with Crippen LogP contribution in [0.25, 0.3) is 0 Å². The maximum absolute atomic E-state index is 11.0. The number of carbonyl (C=O) groups excluding carboxylic acids is 1. The van der Waals surface area contributed by atoms with E-state index in [0.717, 1.165) is 22.4 Å². The standard InChI is InChI=1S/C19H22O3/c1-12-6-13(2)8-17(7-12)11-21-19-14(3)9-18(10-15(19)4)22-16(5)20/h6-10H,11H2,1-5H3. The fourth-order valence-electron chi connectivity index (χ4n) is 2.67. The van der Waals surface area contributed by atoms with E-state index in [2.05, 4.69) is 32.0 Å². The zero-order valence-corrected chi connectivity index (χ0v) is 13.8. The summed E-state index contributed by atoms with van der Waals surface area (Å²) < 4.78 is 11.1. The second-order valence-corrected chi connectivity index (χ2v) is 5.76. The van der Waals surface area contributed by atoms with E-state index >= 15 is 0 Å². The molecule has 3 nitrogen and oxygen atoms in total. The van der Waals surface area contributed by atoms with Crippen molar-refractivity contribution in [1.29, 1.82) is 0 Å². The Hall–Kier alpha value is -2.29. The number of ether oxygens (including phenoxy) is 2. The molecule has 0 spiro atoms. The number of aryl methyl sites for hydroxylation is 4. The van der Waals surface area contributed by atoms with Crippen molar-refractivity contribution in [2.45, 2.75) is 41.2 Å². The van der Waals surface area contributed by atoms with Crippen molar-refractivity contribution < 1.29 is 14.3 Å². The van der Waals surface area contributed by atoms with E-state index in [1.54, 1.807) is 0 Å². The van der Waals surface area contributed by atoms with Crippen molar-refractivity contribution in [3.8, 4) is 11.5 Å². The molecule has 0 radical (unpaired) electrons. The lowest BCUT2D eigenvalue weighted by Gasteiger charge is -2.14.